The quantitative estimate of drug-likeness (QED) is 0.755. The molecule has 114 valence electrons. The predicted octanol–water partition coefficient (Wildman–Crippen LogP) is 3.45. The zero-order valence-electron chi connectivity index (χ0n) is 12.3. The van der Waals surface area contributed by atoms with Gasteiger partial charge in [-0.2, -0.15) is 4.31 Å². The second-order valence-electron chi connectivity index (χ2n) is 5.41. The van der Waals surface area contributed by atoms with Crippen molar-refractivity contribution in [2.45, 2.75) is 50.8 Å². The summed E-state index contributed by atoms with van der Waals surface area (Å²) in [5.74, 6) is 1.68. The first-order valence-electron chi connectivity index (χ1n) is 7.06. The third kappa shape index (κ3) is 2.76. The molecule has 0 aromatic carbocycles. The van der Waals surface area contributed by atoms with Crippen molar-refractivity contribution in [3.63, 3.8) is 0 Å². The number of hydrogen-bond acceptors (Lipinski definition) is 3. The number of alkyl halides is 1. The molecule has 0 amide bonds. The summed E-state index contributed by atoms with van der Waals surface area (Å²) in [4.78, 5) is 0.270. The van der Waals surface area contributed by atoms with Crippen LogP contribution in [0.2, 0.25) is 0 Å². The van der Waals surface area contributed by atoms with Crippen molar-refractivity contribution in [3.8, 4) is 0 Å². The van der Waals surface area contributed by atoms with Gasteiger partial charge in [-0.05, 0) is 32.6 Å². The van der Waals surface area contributed by atoms with E-state index in [2.05, 4.69) is 0 Å². The fourth-order valence-electron chi connectivity index (χ4n) is 2.69. The Morgan fingerprint density at radius 3 is 2.40 bits per heavy atom. The van der Waals surface area contributed by atoms with Crippen molar-refractivity contribution in [1.82, 2.24) is 4.31 Å². The molecular weight excluding hydrogens is 298 g/mol. The van der Waals surface area contributed by atoms with Crippen LogP contribution in [0.1, 0.15) is 43.3 Å². The Morgan fingerprint density at radius 2 is 1.95 bits per heavy atom. The summed E-state index contributed by atoms with van der Waals surface area (Å²) in [5, 5.41) is 0. The smallest absolute Gasteiger partial charge is 0.246 e. The molecule has 0 atom stereocenters. The minimum atomic E-state index is -3.52. The maximum absolute atomic E-state index is 12.9. The van der Waals surface area contributed by atoms with Crippen molar-refractivity contribution in [1.29, 1.82) is 0 Å². The number of nitrogens with zero attached hydrogens (tertiary/aromatic N) is 1. The summed E-state index contributed by atoms with van der Waals surface area (Å²) in [6.07, 6.45) is 3.45. The lowest BCUT2D eigenvalue weighted by Crippen LogP contribution is -2.37. The van der Waals surface area contributed by atoms with E-state index in [1.165, 1.54) is 6.42 Å². The molecule has 1 saturated carbocycles. The van der Waals surface area contributed by atoms with Gasteiger partial charge in [0.25, 0.3) is 0 Å². The van der Waals surface area contributed by atoms with Gasteiger partial charge < -0.3 is 4.42 Å². The first-order valence-corrected chi connectivity index (χ1v) is 9.04. The minimum absolute atomic E-state index is 0.152. The van der Waals surface area contributed by atoms with Crippen LogP contribution in [0.5, 0.6) is 0 Å². The van der Waals surface area contributed by atoms with E-state index in [9.17, 15) is 8.42 Å². The Bertz CT molecular complexity index is 575. The lowest BCUT2D eigenvalue weighted by molar-refractivity contribution is 0.249. The van der Waals surface area contributed by atoms with Crippen molar-refractivity contribution in [2.75, 3.05) is 13.1 Å². The number of rotatable bonds is 6. The second kappa shape index (κ2) is 6.08. The van der Waals surface area contributed by atoms with Crippen molar-refractivity contribution in [3.05, 3.63) is 17.1 Å². The molecule has 1 aliphatic carbocycles. The average molecular weight is 320 g/mol. The Hall–Kier alpha value is -0.520. The summed E-state index contributed by atoms with van der Waals surface area (Å²) in [6, 6.07) is 0. The topological polar surface area (TPSA) is 50.5 Å². The highest BCUT2D eigenvalue weighted by molar-refractivity contribution is 7.89. The van der Waals surface area contributed by atoms with Crippen LogP contribution in [-0.4, -0.2) is 25.8 Å². The summed E-state index contributed by atoms with van der Waals surface area (Å²) in [7, 11) is -3.52. The standard InChI is InChI=1S/C14H22ClNO3S/c1-4-16(9-12-6-5-7-12)20(17,18)14-11(3)19-10(2)13(14)8-15/h12H,4-9H2,1-3H3. The lowest BCUT2D eigenvalue weighted by Gasteiger charge is -2.31. The van der Waals surface area contributed by atoms with Crippen LogP contribution in [0.15, 0.2) is 9.31 Å². The summed E-state index contributed by atoms with van der Waals surface area (Å²) >= 11 is 5.91. The molecule has 2 rings (SSSR count). The van der Waals surface area contributed by atoms with Gasteiger partial charge in [-0.3, -0.25) is 0 Å². The van der Waals surface area contributed by atoms with E-state index in [4.69, 9.17) is 16.0 Å². The predicted molar refractivity (Wildman–Crippen MR) is 79.5 cm³/mol. The van der Waals surface area contributed by atoms with E-state index >= 15 is 0 Å². The Labute approximate surface area is 126 Å². The molecule has 4 nitrogen and oxygen atoms in total. The van der Waals surface area contributed by atoms with Gasteiger partial charge in [-0.1, -0.05) is 13.3 Å². The third-order valence-electron chi connectivity index (χ3n) is 4.10. The molecule has 1 aromatic rings. The van der Waals surface area contributed by atoms with Crippen LogP contribution in [0.4, 0.5) is 0 Å². The van der Waals surface area contributed by atoms with Crippen LogP contribution in [-0.2, 0) is 15.9 Å². The number of aryl methyl sites for hydroxylation is 2. The third-order valence-corrected chi connectivity index (χ3v) is 6.50. The van der Waals surface area contributed by atoms with Crippen molar-refractivity contribution in [2.24, 2.45) is 5.92 Å². The van der Waals surface area contributed by atoms with E-state index in [0.29, 0.717) is 36.1 Å². The number of sulfonamides is 1. The Kier molecular flexibility index (Phi) is 4.82. The Morgan fingerprint density at radius 1 is 1.30 bits per heavy atom. The highest BCUT2D eigenvalue weighted by Crippen LogP contribution is 2.33. The molecular formula is C14H22ClNO3S. The van der Waals surface area contributed by atoms with Gasteiger partial charge in [0.1, 0.15) is 16.4 Å². The van der Waals surface area contributed by atoms with Gasteiger partial charge in [0, 0.05) is 18.7 Å². The SMILES string of the molecule is CCN(CC1CCC1)S(=O)(=O)c1c(C)oc(C)c1CCl. The van der Waals surface area contributed by atoms with Gasteiger partial charge >= 0.3 is 0 Å². The molecule has 0 saturated heterocycles. The van der Waals surface area contributed by atoms with Crippen LogP contribution < -0.4 is 0 Å². The molecule has 6 heteroatoms. The molecule has 1 aromatic heterocycles. The molecule has 20 heavy (non-hydrogen) atoms. The summed E-state index contributed by atoms with van der Waals surface area (Å²) < 4.78 is 32.8. The molecule has 1 fully saturated rings. The van der Waals surface area contributed by atoms with E-state index in [0.717, 1.165) is 12.8 Å². The molecule has 0 unspecified atom stereocenters. The van der Waals surface area contributed by atoms with Gasteiger partial charge in [0.15, 0.2) is 0 Å². The van der Waals surface area contributed by atoms with Gasteiger partial charge in [-0.25, -0.2) is 8.42 Å². The molecule has 0 spiro atoms. The maximum atomic E-state index is 12.9. The van der Waals surface area contributed by atoms with Crippen molar-refractivity contribution < 1.29 is 12.8 Å². The van der Waals surface area contributed by atoms with Gasteiger partial charge in [-0.15, -0.1) is 11.6 Å². The van der Waals surface area contributed by atoms with Crippen LogP contribution in [0.25, 0.3) is 0 Å². The van der Waals surface area contributed by atoms with E-state index < -0.39 is 10.0 Å². The van der Waals surface area contributed by atoms with E-state index in [-0.39, 0.29) is 10.8 Å². The monoisotopic (exact) mass is 319 g/mol. The molecule has 0 N–H and O–H groups in total. The van der Waals surface area contributed by atoms with E-state index in [1.807, 2.05) is 6.92 Å². The molecule has 1 heterocycles. The van der Waals surface area contributed by atoms with E-state index in [1.54, 1.807) is 18.2 Å². The molecule has 1 aliphatic rings. The zero-order valence-corrected chi connectivity index (χ0v) is 13.9. The maximum Gasteiger partial charge on any atom is 0.246 e. The normalized spacial score (nSPS) is 16.6. The Balaban J connectivity index is 2.37. The fraction of sp³-hybridized carbons (Fsp3) is 0.714. The molecule has 0 bridgehead atoms. The first kappa shape index (κ1) is 15.9. The second-order valence-corrected chi connectivity index (χ2v) is 7.55. The lowest BCUT2D eigenvalue weighted by atomic mass is 9.85. The minimum Gasteiger partial charge on any atom is -0.465 e. The average Bonchev–Trinajstić information content (AvgIpc) is 2.62. The number of furan rings is 1. The highest BCUT2D eigenvalue weighted by Gasteiger charge is 2.33. The van der Waals surface area contributed by atoms with Crippen LogP contribution in [0, 0.1) is 19.8 Å². The van der Waals surface area contributed by atoms with Gasteiger partial charge in [0.2, 0.25) is 10.0 Å². The summed E-state index contributed by atoms with van der Waals surface area (Å²) in [5.41, 5.74) is 0.594. The zero-order chi connectivity index (χ0) is 14.9. The highest BCUT2D eigenvalue weighted by atomic mass is 35.5. The van der Waals surface area contributed by atoms with Crippen molar-refractivity contribution >= 4 is 21.6 Å². The summed E-state index contributed by atoms with van der Waals surface area (Å²) in [6.45, 7) is 6.40. The largest absolute Gasteiger partial charge is 0.465 e. The molecule has 0 radical (unpaired) electrons. The van der Waals surface area contributed by atoms with Crippen LogP contribution in [0.3, 0.4) is 0 Å². The van der Waals surface area contributed by atoms with Gasteiger partial charge in [0.05, 0.1) is 5.88 Å². The van der Waals surface area contributed by atoms with Crippen LogP contribution >= 0.6 is 11.6 Å². The number of halogens is 1. The first-order chi connectivity index (χ1) is 9.41. The molecule has 0 aliphatic heterocycles. The fourth-order valence-corrected chi connectivity index (χ4v) is 5.03. The number of hydrogen-bond donors (Lipinski definition) is 0.